The van der Waals surface area contributed by atoms with Crippen LogP contribution < -0.4 is 0 Å². The Balaban J connectivity index is 1.92. The van der Waals surface area contributed by atoms with E-state index in [1.807, 2.05) is 24.3 Å². The molecule has 0 aliphatic carbocycles. The van der Waals surface area contributed by atoms with Crippen LogP contribution in [0.5, 0.6) is 5.75 Å². The Morgan fingerprint density at radius 1 is 0.889 bits per heavy atom. The average molecular weight is 486 g/mol. The van der Waals surface area contributed by atoms with E-state index in [4.69, 9.17) is 0 Å². The molecule has 0 aliphatic heterocycles. The minimum atomic E-state index is -1.02. The summed E-state index contributed by atoms with van der Waals surface area (Å²) < 4.78 is 0. The molecule has 1 heterocycles. The first-order valence-electron chi connectivity index (χ1n) is 12.6. The summed E-state index contributed by atoms with van der Waals surface area (Å²) in [7, 11) is 0. The number of hydrogen-bond acceptors (Lipinski definition) is 4. The minimum absolute atomic E-state index is 0.121. The van der Waals surface area contributed by atoms with Crippen LogP contribution in [-0.2, 0) is 10.8 Å². The molecule has 3 aromatic carbocycles. The molecule has 6 heteroatoms. The van der Waals surface area contributed by atoms with Crippen molar-refractivity contribution in [2.75, 3.05) is 0 Å². The molecule has 1 aromatic heterocycles. The lowest BCUT2D eigenvalue weighted by Crippen LogP contribution is -2.23. The first-order chi connectivity index (χ1) is 17.0. The number of unbranched alkanes of at least 4 members (excludes halogenated alkanes) is 2. The summed E-state index contributed by atoms with van der Waals surface area (Å²) in [5.41, 5.74) is 4.08. The Bertz CT molecular complexity index is 1390. The number of carboxylic acids is 1. The predicted octanol–water partition coefficient (Wildman–Crippen LogP) is 7.01. The van der Waals surface area contributed by atoms with E-state index in [-0.39, 0.29) is 16.7 Å². The second-order valence-electron chi connectivity index (χ2n) is 10.7. The van der Waals surface area contributed by atoms with E-state index in [2.05, 4.69) is 63.0 Å². The highest BCUT2D eigenvalue weighted by atomic mass is 16.4. The van der Waals surface area contributed by atoms with Gasteiger partial charge in [0.15, 0.2) is 0 Å². The molecule has 4 aromatic rings. The summed E-state index contributed by atoms with van der Waals surface area (Å²) in [6, 6.07) is 18.9. The van der Waals surface area contributed by atoms with E-state index in [9.17, 15) is 15.0 Å². The van der Waals surface area contributed by atoms with Gasteiger partial charge in [0.2, 0.25) is 0 Å². The number of aromatic hydroxyl groups is 1. The standard InChI is InChI=1S/C30H35N3O3/c1-6-7-11-16-29(2,3)22-18-23(30(4,5)21-12-9-8-10-13-21)27(34)26(19-22)33-31-24-15-14-20(28(35)36)17-25(24)32-33/h8-10,12-15,17-19,34H,6-7,11,16H2,1-5H3,(H,35,36). The molecule has 0 amide bonds. The Morgan fingerprint density at radius 2 is 1.58 bits per heavy atom. The second-order valence-corrected chi connectivity index (χ2v) is 10.7. The number of aromatic nitrogens is 3. The Hall–Kier alpha value is -3.67. The molecule has 6 nitrogen and oxygen atoms in total. The van der Waals surface area contributed by atoms with Crippen LogP contribution in [0.4, 0.5) is 0 Å². The lowest BCUT2D eigenvalue weighted by atomic mass is 9.73. The Morgan fingerprint density at radius 3 is 2.25 bits per heavy atom. The van der Waals surface area contributed by atoms with Crippen LogP contribution in [0.1, 0.15) is 87.4 Å². The van der Waals surface area contributed by atoms with Crippen LogP contribution in [0.2, 0.25) is 0 Å². The molecule has 0 fully saturated rings. The number of carbonyl (C=O) groups is 1. The van der Waals surface area contributed by atoms with E-state index in [0.29, 0.717) is 16.7 Å². The molecular weight excluding hydrogens is 450 g/mol. The van der Waals surface area contributed by atoms with E-state index < -0.39 is 11.4 Å². The highest BCUT2D eigenvalue weighted by molar-refractivity contribution is 5.92. The molecule has 4 rings (SSSR count). The van der Waals surface area contributed by atoms with E-state index in [1.165, 1.54) is 23.4 Å². The molecule has 0 saturated heterocycles. The fourth-order valence-electron chi connectivity index (χ4n) is 4.77. The van der Waals surface area contributed by atoms with Gasteiger partial charge in [-0.05, 0) is 47.2 Å². The molecule has 0 unspecified atom stereocenters. The minimum Gasteiger partial charge on any atom is -0.505 e. The van der Waals surface area contributed by atoms with Crippen molar-refractivity contribution in [2.24, 2.45) is 0 Å². The fraction of sp³-hybridized carbons (Fsp3) is 0.367. The van der Waals surface area contributed by atoms with E-state index in [0.717, 1.165) is 36.0 Å². The van der Waals surface area contributed by atoms with Crippen molar-refractivity contribution in [1.29, 1.82) is 0 Å². The van der Waals surface area contributed by atoms with Gasteiger partial charge < -0.3 is 10.2 Å². The second kappa shape index (κ2) is 9.76. The van der Waals surface area contributed by atoms with E-state index in [1.54, 1.807) is 6.07 Å². The summed E-state index contributed by atoms with van der Waals surface area (Å²) >= 11 is 0. The zero-order valence-corrected chi connectivity index (χ0v) is 21.7. The maximum Gasteiger partial charge on any atom is 0.335 e. The van der Waals surface area contributed by atoms with E-state index >= 15 is 0 Å². The average Bonchev–Trinajstić information content (AvgIpc) is 3.27. The topological polar surface area (TPSA) is 88.2 Å². The number of benzene rings is 3. The van der Waals surface area contributed by atoms with Crippen LogP contribution >= 0.6 is 0 Å². The largest absolute Gasteiger partial charge is 0.505 e. The Labute approximate surface area is 212 Å². The molecule has 188 valence electrons. The van der Waals surface area contributed by atoms with Crippen LogP contribution in [0.15, 0.2) is 60.7 Å². The number of hydrogen-bond donors (Lipinski definition) is 2. The maximum atomic E-state index is 11.6. The van der Waals surface area contributed by atoms with Gasteiger partial charge in [-0.3, -0.25) is 0 Å². The predicted molar refractivity (Wildman–Crippen MR) is 143 cm³/mol. The van der Waals surface area contributed by atoms with Crippen molar-refractivity contribution in [3.05, 3.63) is 82.9 Å². The van der Waals surface area contributed by atoms with Gasteiger partial charge in [-0.15, -0.1) is 15.0 Å². The zero-order chi connectivity index (χ0) is 26.1. The van der Waals surface area contributed by atoms with Crippen LogP contribution in [0.25, 0.3) is 16.7 Å². The lowest BCUT2D eigenvalue weighted by Gasteiger charge is -2.32. The van der Waals surface area contributed by atoms with Gasteiger partial charge in [-0.2, -0.15) is 0 Å². The van der Waals surface area contributed by atoms with Gasteiger partial charge in [-0.1, -0.05) is 90.3 Å². The van der Waals surface area contributed by atoms with Crippen molar-refractivity contribution in [1.82, 2.24) is 15.0 Å². The summed E-state index contributed by atoms with van der Waals surface area (Å²) in [5.74, 6) is -0.896. The summed E-state index contributed by atoms with van der Waals surface area (Å²) in [5, 5.41) is 30.1. The van der Waals surface area contributed by atoms with Gasteiger partial charge in [-0.25, -0.2) is 4.79 Å². The third kappa shape index (κ3) is 4.85. The molecule has 0 spiro atoms. The number of fused-ring (bicyclic) bond motifs is 1. The van der Waals surface area contributed by atoms with Crippen molar-refractivity contribution < 1.29 is 15.0 Å². The summed E-state index contributed by atoms with van der Waals surface area (Å²) in [4.78, 5) is 12.9. The fourth-order valence-corrected chi connectivity index (χ4v) is 4.77. The smallest absolute Gasteiger partial charge is 0.335 e. The van der Waals surface area contributed by atoms with Crippen LogP contribution in [-0.4, -0.2) is 31.2 Å². The van der Waals surface area contributed by atoms with Crippen molar-refractivity contribution in [2.45, 2.75) is 71.1 Å². The van der Waals surface area contributed by atoms with Crippen molar-refractivity contribution in [3.8, 4) is 11.4 Å². The van der Waals surface area contributed by atoms with Crippen molar-refractivity contribution in [3.63, 3.8) is 0 Å². The number of aromatic carboxylic acids is 1. The van der Waals surface area contributed by atoms with Gasteiger partial charge >= 0.3 is 5.97 Å². The molecule has 0 aliphatic rings. The molecule has 0 saturated carbocycles. The number of carboxylic acid groups (broad SMARTS) is 1. The molecule has 0 radical (unpaired) electrons. The molecule has 0 bridgehead atoms. The third-order valence-corrected chi connectivity index (χ3v) is 7.29. The monoisotopic (exact) mass is 485 g/mol. The number of phenolic OH excluding ortho intramolecular Hbond substituents is 1. The highest BCUT2D eigenvalue weighted by Crippen LogP contribution is 2.43. The first kappa shape index (κ1) is 25.4. The SMILES string of the molecule is CCCCCC(C)(C)c1cc(-n2nc3ccc(C(=O)O)cc3n2)c(O)c(C(C)(C)c2ccccc2)c1. The molecular formula is C30H35N3O3. The number of rotatable bonds is 9. The quantitative estimate of drug-likeness (QED) is 0.249. The number of nitrogens with zero attached hydrogens (tertiary/aromatic N) is 3. The summed E-state index contributed by atoms with van der Waals surface area (Å²) in [6.07, 6.45) is 4.48. The van der Waals surface area contributed by atoms with Gasteiger partial charge in [0.25, 0.3) is 0 Å². The zero-order valence-electron chi connectivity index (χ0n) is 21.7. The Kier molecular flexibility index (Phi) is 6.90. The first-order valence-corrected chi connectivity index (χ1v) is 12.6. The van der Waals surface area contributed by atoms with Gasteiger partial charge in [0.05, 0.1) is 5.56 Å². The molecule has 36 heavy (non-hydrogen) atoms. The maximum absolute atomic E-state index is 11.6. The highest BCUT2D eigenvalue weighted by Gasteiger charge is 2.32. The van der Waals surface area contributed by atoms with Crippen LogP contribution in [0.3, 0.4) is 0 Å². The number of phenols is 1. The molecule has 2 N–H and O–H groups in total. The summed E-state index contributed by atoms with van der Waals surface area (Å²) in [6.45, 7) is 10.9. The van der Waals surface area contributed by atoms with Gasteiger partial charge in [0, 0.05) is 11.0 Å². The third-order valence-electron chi connectivity index (χ3n) is 7.29. The normalized spacial score (nSPS) is 12.2. The molecule has 0 atom stereocenters. The van der Waals surface area contributed by atoms with Crippen molar-refractivity contribution >= 4 is 17.0 Å². The van der Waals surface area contributed by atoms with Gasteiger partial charge in [0.1, 0.15) is 22.5 Å². The lowest BCUT2D eigenvalue weighted by molar-refractivity contribution is 0.0697. The van der Waals surface area contributed by atoms with Crippen LogP contribution in [0, 0.1) is 0 Å².